The topological polar surface area (TPSA) is 75.6 Å². The third-order valence-corrected chi connectivity index (χ3v) is 4.39. The molecule has 7 nitrogen and oxygen atoms in total. The minimum Gasteiger partial charge on any atom is -0.465 e. The Balaban J connectivity index is 1.59. The van der Waals surface area contributed by atoms with Crippen LogP contribution in [0.2, 0.25) is 0 Å². The van der Waals surface area contributed by atoms with Gasteiger partial charge in [0.1, 0.15) is 5.69 Å². The summed E-state index contributed by atoms with van der Waals surface area (Å²) >= 11 is 0. The first-order chi connectivity index (χ1) is 12.7. The van der Waals surface area contributed by atoms with Gasteiger partial charge < -0.3 is 9.64 Å². The fraction of sp³-hybridized carbons (Fsp3) is 0.368. The summed E-state index contributed by atoms with van der Waals surface area (Å²) in [7, 11) is 1.31. The lowest BCUT2D eigenvalue weighted by molar-refractivity contribution is 0.0599. The Kier molecular flexibility index (Phi) is 5.91. The number of aromatic nitrogens is 2. The molecule has 0 aromatic carbocycles. The molecule has 3 rings (SSSR count). The van der Waals surface area contributed by atoms with Gasteiger partial charge in [-0.05, 0) is 30.7 Å². The molecule has 0 N–H and O–H groups in total. The van der Waals surface area contributed by atoms with Crippen LogP contribution in [0.5, 0.6) is 0 Å². The molecule has 0 unspecified atom stereocenters. The Morgan fingerprint density at radius 1 is 1.08 bits per heavy atom. The first-order valence-corrected chi connectivity index (χ1v) is 8.63. The zero-order valence-corrected chi connectivity index (χ0v) is 14.8. The number of rotatable bonds is 4. The third kappa shape index (κ3) is 4.43. The standard InChI is InChI=1S/C19H22N4O3/c1-26-19(25)15-6-7-17(21-13-15)18(24)23-10-4-9-22(11-12-23)14-16-5-2-3-8-20-16/h2-3,5-8,13H,4,9-12,14H2,1H3. The molecule has 26 heavy (non-hydrogen) atoms. The molecule has 3 heterocycles. The number of carbonyl (C=O) groups excluding carboxylic acids is 2. The average molecular weight is 354 g/mol. The van der Waals surface area contributed by atoms with E-state index < -0.39 is 5.97 Å². The Hall–Kier alpha value is -2.80. The SMILES string of the molecule is COC(=O)c1ccc(C(=O)N2CCCN(Cc3ccccn3)CC2)nc1. The summed E-state index contributed by atoms with van der Waals surface area (Å²) in [6.45, 7) is 3.84. The van der Waals surface area contributed by atoms with E-state index in [2.05, 4.69) is 19.6 Å². The van der Waals surface area contributed by atoms with E-state index in [0.29, 0.717) is 24.3 Å². The fourth-order valence-corrected chi connectivity index (χ4v) is 2.97. The number of amides is 1. The molecule has 0 aliphatic carbocycles. The van der Waals surface area contributed by atoms with Crippen molar-refractivity contribution >= 4 is 11.9 Å². The molecular formula is C19H22N4O3. The average Bonchev–Trinajstić information content (AvgIpc) is 2.93. The van der Waals surface area contributed by atoms with Crippen LogP contribution in [-0.4, -0.2) is 64.9 Å². The second kappa shape index (κ2) is 8.53. The van der Waals surface area contributed by atoms with E-state index in [-0.39, 0.29) is 5.91 Å². The van der Waals surface area contributed by atoms with Gasteiger partial charge in [-0.25, -0.2) is 4.79 Å². The molecular weight excluding hydrogens is 332 g/mol. The molecule has 0 atom stereocenters. The number of esters is 1. The molecule has 1 fully saturated rings. The highest BCUT2D eigenvalue weighted by atomic mass is 16.5. The van der Waals surface area contributed by atoms with Crippen molar-refractivity contribution in [1.29, 1.82) is 0 Å². The Labute approximate surface area is 152 Å². The van der Waals surface area contributed by atoms with Gasteiger partial charge in [0.2, 0.25) is 0 Å². The minimum absolute atomic E-state index is 0.110. The van der Waals surface area contributed by atoms with E-state index in [4.69, 9.17) is 0 Å². The smallest absolute Gasteiger partial charge is 0.339 e. The summed E-state index contributed by atoms with van der Waals surface area (Å²) in [6, 6.07) is 9.05. The summed E-state index contributed by atoms with van der Waals surface area (Å²) in [6.07, 6.45) is 4.08. The number of hydrogen-bond donors (Lipinski definition) is 0. The molecule has 2 aromatic heterocycles. The van der Waals surface area contributed by atoms with Crippen LogP contribution < -0.4 is 0 Å². The molecule has 1 aliphatic rings. The second-order valence-corrected chi connectivity index (χ2v) is 6.17. The van der Waals surface area contributed by atoms with Gasteiger partial charge in [0.25, 0.3) is 5.91 Å². The molecule has 0 radical (unpaired) electrons. The van der Waals surface area contributed by atoms with Gasteiger partial charge >= 0.3 is 5.97 Å². The van der Waals surface area contributed by atoms with Gasteiger partial charge in [-0.2, -0.15) is 0 Å². The molecule has 0 bridgehead atoms. The van der Waals surface area contributed by atoms with Crippen molar-refractivity contribution in [2.24, 2.45) is 0 Å². The summed E-state index contributed by atoms with van der Waals surface area (Å²) in [4.78, 5) is 36.8. The van der Waals surface area contributed by atoms with Crippen molar-refractivity contribution in [1.82, 2.24) is 19.8 Å². The van der Waals surface area contributed by atoms with Crippen LogP contribution in [0.4, 0.5) is 0 Å². The highest BCUT2D eigenvalue weighted by molar-refractivity contribution is 5.94. The van der Waals surface area contributed by atoms with Crippen LogP contribution in [0.15, 0.2) is 42.7 Å². The molecule has 1 saturated heterocycles. The van der Waals surface area contributed by atoms with Crippen molar-refractivity contribution in [3.8, 4) is 0 Å². The number of pyridine rings is 2. The van der Waals surface area contributed by atoms with Crippen molar-refractivity contribution in [3.63, 3.8) is 0 Å². The van der Waals surface area contributed by atoms with Crippen LogP contribution in [-0.2, 0) is 11.3 Å². The van der Waals surface area contributed by atoms with E-state index >= 15 is 0 Å². The monoisotopic (exact) mass is 354 g/mol. The van der Waals surface area contributed by atoms with Crippen LogP contribution in [0, 0.1) is 0 Å². The van der Waals surface area contributed by atoms with Gasteiger partial charge in [-0.15, -0.1) is 0 Å². The number of hydrogen-bond acceptors (Lipinski definition) is 6. The number of ether oxygens (including phenoxy) is 1. The molecule has 7 heteroatoms. The van der Waals surface area contributed by atoms with Crippen LogP contribution in [0.3, 0.4) is 0 Å². The normalized spacial score (nSPS) is 15.3. The largest absolute Gasteiger partial charge is 0.465 e. The molecule has 136 valence electrons. The van der Waals surface area contributed by atoms with Gasteiger partial charge in [0.05, 0.1) is 18.4 Å². The lowest BCUT2D eigenvalue weighted by Gasteiger charge is -2.21. The number of methoxy groups -OCH3 is 1. The predicted octanol–water partition coefficient (Wildman–Crippen LogP) is 1.61. The molecule has 1 amide bonds. The Morgan fingerprint density at radius 2 is 1.96 bits per heavy atom. The van der Waals surface area contributed by atoms with Crippen molar-refractivity contribution < 1.29 is 14.3 Å². The van der Waals surface area contributed by atoms with Crippen LogP contribution in [0.1, 0.15) is 33.0 Å². The number of carbonyl (C=O) groups is 2. The fourth-order valence-electron chi connectivity index (χ4n) is 2.97. The summed E-state index contributed by atoms with van der Waals surface area (Å²) in [5, 5.41) is 0. The Bertz CT molecular complexity index is 749. The van der Waals surface area contributed by atoms with Gasteiger partial charge in [0, 0.05) is 45.1 Å². The summed E-state index contributed by atoms with van der Waals surface area (Å²) in [5.74, 6) is -0.572. The van der Waals surface area contributed by atoms with Crippen molar-refractivity contribution in [3.05, 3.63) is 59.7 Å². The van der Waals surface area contributed by atoms with Gasteiger partial charge in [0.15, 0.2) is 0 Å². The summed E-state index contributed by atoms with van der Waals surface area (Å²) < 4.78 is 4.65. The maximum Gasteiger partial charge on any atom is 0.339 e. The first-order valence-electron chi connectivity index (χ1n) is 8.63. The van der Waals surface area contributed by atoms with E-state index in [9.17, 15) is 9.59 Å². The van der Waals surface area contributed by atoms with E-state index in [1.165, 1.54) is 13.3 Å². The van der Waals surface area contributed by atoms with E-state index in [1.807, 2.05) is 23.1 Å². The number of nitrogens with zero attached hydrogens (tertiary/aromatic N) is 4. The zero-order chi connectivity index (χ0) is 18.4. The predicted molar refractivity (Wildman–Crippen MR) is 95.6 cm³/mol. The third-order valence-electron chi connectivity index (χ3n) is 4.39. The molecule has 0 saturated carbocycles. The summed E-state index contributed by atoms with van der Waals surface area (Å²) in [5.41, 5.74) is 1.71. The van der Waals surface area contributed by atoms with Crippen molar-refractivity contribution in [2.45, 2.75) is 13.0 Å². The quantitative estimate of drug-likeness (QED) is 0.777. The van der Waals surface area contributed by atoms with E-state index in [1.54, 1.807) is 18.3 Å². The Morgan fingerprint density at radius 3 is 2.65 bits per heavy atom. The van der Waals surface area contributed by atoms with Gasteiger partial charge in [-0.3, -0.25) is 19.7 Å². The zero-order valence-electron chi connectivity index (χ0n) is 14.8. The maximum absolute atomic E-state index is 12.7. The highest BCUT2D eigenvalue weighted by Crippen LogP contribution is 2.11. The highest BCUT2D eigenvalue weighted by Gasteiger charge is 2.21. The van der Waals surface area contributed by atoms with Crippen LogP contribution in [0.25, 0.3) is 0 Å². The lowest BCUT2D eigenvalue weighted by atomic mass is 10.2. The maximum atomic E-state index is 12.7. The molecule has 2 aromatic rings. The van der Waals surface area contributed by atoms with Gasteiger partial charge in [-0.1, -0.05) is 6.07 Å². The van der Waals surface area contributed by atoms with Crippen molar-refractivity contribution in [2.75, 3.05) is 33.3 Å². The first kappa shape index (κ1) is 18.0. The lowest BCUT2D eigenvalue weighted by Crippen LogP contribution is -2.35. The van der Waals surface area contributed by atoms with E-state index in [0.717, 1.165) is 31.7 Å². The molecule has 0 spiro atoms. The molecule has 1 aliphatic heterocycles. The minimum atomic E-state index is -0.462. The second-order valence-electron chi connectivity index (χ2n) is 6.17. The van der Waals surface area contributed by atoms with Crippen LogP contribution >= 0.6 is 0 Å².